The van der Waals surface area contributed by atoms with Crippen LogP contribution < -0.4 is 9.47 Å². The number of aryl methyl sites for hydroxylation is 1. The number of likely N-dealkylation sites (tertiary alicyclic amines) is 1. The van der Waals surface area contributed by atoms with Gasteiger partial charge in [0, 0.05) is 12.1 Å². The molecule has 1 amide bonds. The molecule has 1 aliphatic heterocycles. The molecule has 0 aliphatic carbocycles. The fraction of sp³-hybridized carbons (Fsp3) is 0.467. The lowest BCUT2D eigenvalue weighted by Crippen LogP contribution is -2.30. The number of unbranched alkanes of at least 4 members (excludes halogenated alkanes) is 2. The van der Waals surface area contributed by atoms with Crippen LogP contribution in [0, 0.1) is 6.92 Å². The number of carbonyl (C=O) groups excluding carboxylic acids is 2. The second kappa shape index (κ2) is 12.1. The van der Waals surface area contributed by atoms with Crippen molar-refractivity contribution in [1.29, 1.82) is 0 Å². The van der Waals surface area contributed by atoms with Gasteiger partial charge in [-0.05, 0) is 66.6 Å². The molecule has 0 spiro atoms. The summed E-state index contributed by atoms with van der Waals surface area (Å²) in [6.07, 6.45) is 3.94. The highest BCUT2D eigenvalue weighted by atomic mass is 16.5. The summed E-state index contributed by atoms with van der Waals surface area (Å²) in [7, 11) is 1.62. The number of aliphatic hydroxyl groups is 1. The van der Waals surface area contributed by atoms with Crippen molar-refractivity contribution in [3.8, 4) is 11.5 Å². The highest BCUT2D eigenvalue weighted by Crippen LogP contribution is 2.41. The van der Waals surface area contributed by atoms with Gasteiger partial charge in [0.25, 0.3) is 11.7 Å². The summed E-state index contributed by atoms with van der Waals surface area (Å²) in [6.45, 7) is 11.1. The Balaban J connectivity index is 2.08. The van der Waals surface area contributed by atoms with E-state index >= 15 is 0 Å². The zero-order chi connectivity index (χ0) is 26.4. The summed E-state index contributed by atoms with van der Waals surface area (Å²) >= 11 is 0. The van der Waals surface area contributed by atoms with E-state index in [1.807, 2.05) is 64.1 Å². The van der Waals surface area contributed by atoms with Crippen LogP contribution in [-0.4, -0.2) is 42.0 Å². The number of rotatable bonds is 11. The SMILES string of the molecule is CCCCCOc1ccc(C2/C(=C(\O)c3cc(C(C)C)c(OC)cc3C)C(=O)C(=O)N2CCC)cc1. The summed E-state index contributed by atoms with van der Waals surface area (Å²) in [4.78, 5) is 27.9. The number of nitrogens with zero attached hydrogens (tertiary/aromatic N) is 1. The molecule has 1 N–H and O–H groups in total. The first-order valence-corrected chi connectivity index (χ1v) is 12.9. The van der Waals surface area contributed by atoms with Crippen LogP contribution in [0.3, 0.4) is 0 Å². The third-order valence-corrected chi connectivity index (χ3v) is 6.67. The molecule has 1 unspecified atom stereocenters. The Hall–Kier alpha value is -3.28. The molecule has 6 nitrogen and oxygen atoms in total. The van der Waals surface area contributed by atoms with Gasteiger partial charge >= 0.3 is 0 Å². The molecule has 0 radical (unpaired) electrons. The monoisotopic (exact) mass is 493 g/mol. The molecule has 0 aromatic heterocycles. The van der Waals surface area contributed by atoms with Crippen molar-refractivity contribution >= 4 is 17.4 Å². The molecule has 1 heterocycles. The van der Waals surface area contributed by atoms with E-state index in [1.165, 1.54) is 0 Å². The van der Waals surface area contributed by atoms with Crippen molar-refractivity contribution in [2.24, 2.45) is 0 Å². The van der Waals surface area contributed by atoms with Crippen molar-refractivity contribution in [2.45, 2.75) is 72.3 Å². The quantitative estimate of drug-likeness (QED) is 0.167. The Morgan fingerprint density at radius 3 is 2.33 bits per heavy atom. The maximum absolute atomic E-state index is 13.3. The molecule has 1 saturated heterocycles. The minimum Gasteiger partial charge on any atom is -0.507 e. The number of hydrogen-bond donors (Lipinski definition) is 1. The fourth-order valence-electron chi connectivity index (χ4n) is 4.71. The summed E-state index contributed by atoms with van der Waals surface area (Å²) in [5.74, 6) is 0.228. The smallest absolute Gasteiger partial charge is 0.295 e. The Kier molecular flexibility index (Phi) is 9.19. The Labute approximate surface area is 214 Å². The number of ketones is 1. The van der Waals surface area contributed by atoms with Gasteiger partial charge in [-0.25, -0.2) is 0 Å². The Bertz CT molecular complexity index is 1120. The normalized spacial score (nSPS) is 17.2. The molecule has 194 valence electrons. The van der Waals surface area contributed by atoms with Crippen LogP contribution in [0.1, 0.15) is 87.6 Å². The second-order valence-corrected chi connectivity index (χ2v) is 9.68. The summed E-state index contributed by atoms with van der Waals surface area (Å²) in [5.41, 5.74) is 3.11. The Morgan fingerprint density at radius 2 is 1.75 bits per heavy atom. The molecule has 36 heavy (non-hydrogen) atoms. The first kappa shape index (κ1) is 27.3. The van der Waals surface area contributed by atoms with Crippen molar-refractivity contribution in [3.63, 3.8) is 0 Å². The first-order chi connectivity index (χ1) is 17.2. The molecule has 0 saturated carbocycles. The molecule has 2 aromatic rings. The molecular weight excluding hydrogens is 454 g/mol. The first-order valence-electron chi connectivity index (χ1n) is 12.9. The van der Waals surface area contributed by atoms with Crippen LogP contribution in [0.2, 0.25) is 0 Å². The van der Waals surface area contributed by atoms with E-state index in [0.29, 0.717) is 25.1 Å². The van der Waals surface area contributed by atoms with Gasteiger partial charge in [0.15, 0.2) is 0 Å². The largest absolute Gasteiger partial charge is 0.507 e. The van der Waals surface area contributed by atoms with E-state index in [-0.39, 0.29) is 17.3 Å². The van der Waals surface area contributed by atoms with Gasteiger partial charge in [-0.15, -0.1) is 0 Å². The van der Waals surface area contributed by atoms with Crippen molar-refractivity contribution in [1.82, 2.24) is 4.90 Å². The van der Waals surface area contributed by atoms with Gasteiger partial charge in [-0.1, -0.05) is 52.7 Å². The number of benzene rings is 2. The standard InChI is InChI=1S/C30H39NO5/c1-7-9-10-16-36-22-13-11-21(12-14-22)27-26(29(33)30(34)31(27)15-8-2)28(32)24-18-23(19(3)4)25(35-6)17-20(24)5/h11-14,17-19,27,32H,7-10,15-16H2,1-6H3/b28-26+. The van der Waals surface area contributed by atoms with E-state index in [2.05, 4.69) is 6.92 Å². The average Bonchev–Trinajstić information content (AvgIpc) is 3.11. The van der Waals surface area contributed by atoms with E-state index in [1.54, 1.807) is 12.0 Å². The number of methoxy groups -OCH3 is 1. The molecule has 1 aliphatic rings. The minimum absolute atomic E-state index is 0.119. The molecular formula is C30H39NO5. The minimum atomic E-state index is -0.664. The van der Waals surface area contributed by atoms with Crippen molar-refractivity contribution in [2.75, 3.05) is 20.3 Å². The summed E-state index contributed by atoms with van der Waals surface area (Å²) in [5, 5.41) is 11.5. The van der Waals surface area contributed by atoms with Crippen molar-refractivity contribution in [3.05, 3.63) is 64.2 Å². The lowest BCUT2D eigenvalue weighted by molar-refractivity contribution is -0.139. The van der Waals surface area contributed by atoms with Crippen LogP contribution in [0.4, 0.5) is 0 Å². The molecule has 1 fully saturated rings. The van der Waals surface area contributed by atoms with Crippen LogP contribution in [0.25, 0.3) is 5.76 Å². The third kappa shape index (κ3) is 5.58. The number of aliphatic hydroxyl groups excluding tert-OH is 1. The molecule has 2 aromatic carbocycles. The average molecular weight is 494 g/mol. The van der Waals surface area contributed by atoms with E-state index in [9.17, 15) is 14.7 Å². The van der Waals surface area contributed by atoms with Gasteiger partial charge in [0.2, 0.25) is 0 Å². The maximum Gasteiger partial charge on any atom is 0.295 e. The molecule has 3 rings (SSSR count). The van der Waals surface area contributed by atoms with Gasteiger partial charge in [0.05, 0.1) is 25.3 Å². The van der Waals surface area contributed by atoms with Gasteiger partial charge < -0.3 is 19.5 Å². The predicted octanol–water partition coefficient (Wildman–Crippen LogP) is 6.53. The number of hydrogen-bond acceptors (Lipinski definition) is 5. The third-order valence-electron chi connectivity index (χ3n) is 6.67. The maximum atomic E-state index is 13.3. The highest BCUT2D eigenvalue weighted by molar-refractivity contribution is 6.46. The second-order valence-electron chi connectivity index (χ2n) is 9.68. The number of Topliss-reactive ketones (excluding diaryl/α,β-unsaturated/α-hetero) is 1. The molecule has 6 heteroatoms. The number of carbonyl (C=O) groups is 2. The van der Waals surface area contributed by atoms with Crippen LogP contribution in [-0.2, 0) is 9.59 Å². The van der Waals surface area contributed by atoms with Crippen LogP contribution >= 0.6 is 0 Å². The highest BCUT2D eigenvalue weighted by Gasteiger charge is 2.45. The predicted molar refractivity (Wildman–Crippen MR) is 143 cm³/mol. The molecule has 1 atom stereocenters. The van der Waals surface area contributed by atoms with E-state index in [4.69, 9.17) is 9.47 Å². The zero-order valence-electron chi connectivity index (χ0n) is 22.4. The topological polar surface area (TPSA) is 76.1 Å². The zero-order valence-corrected chi connectivity index (χ0v) is 22.4. The van der Waals surface area contributed by atoms with E-state index < -0.39 is 17.7 Å². The van der Waals surface area contributed by atoms with Gasteiger partial charge in [0.1, 0.15) is 17.3 Å². The lowest BCUT2D eigenvalue weighted by atomic mass is 9.91. The van der Waals surface area contributed by atoms with Crippen LogP contribution in [0.15, 0.2) is 42.0 Å². The van der Waals surface area contributed by atoms with Gasteiger partial charge in [-0.3, -0.25) is 9.59 Å². The summed E-state index contributed by atoms with van der Waals surface area (Å²) in [6, 6.07) is 10.6. The lowest BCUT2D eigenvalue weighted by Gasteiger charge is -2.25. The van der Waals surface area contributed by atoms with Gasteiger partial charge in [-0.2, -0.15) is 0 Å². The van der Waals surface area contributed by atoms with E-state index in [0.717, 1.165) is 47.5 Å². The molecule has 0 bridgehead atoms. The summed E-state index contributed by atoms with van der Waals surface area (Å²) < 4.78 is 11.4. The fourth-order valence-corrected chi connectivity index (χ4v) is 4.71. The van der Waals surface area contributed by atoms with Crippen LogP contribution in [0.5, 0.6) is 11.5 Å². The Morgan fingerprint density at radius 1 is 1.06 bits per heavy atom. The number of amides is 1. The van der Waals surface area contributed by atoms with Crippen molar-refractivity contribution < 1.29 is 24.2 Å². The number of ether oxygens (including phenoxy) is 2.